The first-order valence-corrected chi connectivity index (χ1v) is 8.08. The summed E-state index contributed by atoms with van der Waals surface area (Å²) in [6.45, 7) is 0.444. The minimum atomic E-state index is -1.50. The first-order valence-electron chi connectivity index (χ1n) is 7.70. The summed E-state index contributed by atoms with van der Waals surface area (Å²) in [6.07, 6.45) is 5.80. The molecule has 0 saturated carbocycles. The first-order chi connectivity index (χ1) is 12.4. The Labute approximate surface area is 155 Å². The summed E-state index contributed by atoms with van der Waals surface area (Å²) in [7, 11) is 0. The zero-order valence-electron chi connectivity index (χ0n) is 13.8. The summed E-state index contributed by atoms with van der Waals surface area (Å²) in [5.41, 5.74) is 0.921. The van der Waals surface area contributed by atoms with E-state index in [0.717, 1.165) is 11.1 Å². The van der Waals surface area contributed by atoms with E-state index in [1.165, 1.54) is 0 Å². The maximum Gasteiger partial charge on any atom is 0.291 e. The fraction of sp³-hybridized carbons (Fsp3) is 0.167. The van der Waals surface area contributed by atoms with E-state index in [-0.39, 0.29) is 0 Å². The molecule has 2 aromatic carbocycles. The maximum atomic E-state index is 11.3. The number of benzene rings is 2. The normalized spacial score (nSPS) is 12.5. The van der Waals surface area contributed by atoms with Gasteiger partial charge in [0, 0.05) is 23.8 Å². The molecule has 0 aliphatic heterocycles. The summed E-state index contributed by atoms with van der Waals surface area (Å²) in [6, 6.07) is 17.3. The van der Waals surface area contributed by atoms with Crippen LogP contribution in [0.15, 0.2) is 73.3 Å². The molecule has 0 saturated heterocycles. The molecule has 0 fully saturated rings. The number of rotatable bonds is 5. The van der Waals surface area contributed by atoms with Gasteiger partial charge in [-0.15, -0.1) is 10.1 Å². The number of halogens is 1. The van der Waals surface area contributed by atoms with Crippen molar-refractivity contribution in [1.82, 2.24) is 9.55 Å². The largest absolute Gasteiger partial charge is 0.383 e. The van der Waals surface area contributed by atoms with E-state index in [0.29, 0.717) is 18.0 Å². The first kappa shape index (κ1) is 19.4. The van der Waals surface area contributed by atoms with Crippen molar-refractivity contribution in [2.45, 2.75) is 18.6 Å². The van der Waals surface area contributed by atoms with Gasteiger partial charge < -0.3 is 14.9 Å². The third-order valence-corrected chi connectivity index (χ3v) is 3.98. The fourth-order valence-corrected chi connectivity index (χ4v) is 2.75. The van der Waals surface area contributed by atoms with Crippen LogP contribution >= 0.6 is 11.6 Å². The van der Waals surface area contributed by atoms with Crippen molar-refractivity contribution >= 4 is 11.6 Å². The number of nitrogens with zero attached hydrogens (tertiary/aromatic N) is 3. The minimum absolute atomic E-state index is 0.444. The van der Waals surface area contributed by atoms with Crippen LogP contribution in [0.5, 0.6) is 0 Å². The second kappa shape index (κ2) is 8.98. The summed E-state index contributed by atoms with van der Waals surface area (Å²) in [5.74, 6) is 0. The number of hydrogen-bond donors (Lipinski definition) is 2. The number of hydrogen-bond acceptors (Lipinski definition) is 4. The van der Waals surface area contributed by atoms with Gasteiger partial charge in [-0.1, -0.05) is 54.1 Å². The van der Waals surface area contributed by atoms with E-state index in [4.69, 9.17) is 26.9 Å². The van der Waals surface area contributed by atoms with Gasteiger partial charge in [-0.25, -0.2) is 4.98 Å². The van der Waals surface area contributed by atoms with Crippen LogP contribution in [0.3, 0.4) is 0 Å². The van der Waals surface area contributed by atoms with Crippen molar-refractivity contribution in [3.63, 3.8) is 0 Å². The van der Waals surface area contributed by atoms with Crippen LogP contribution in [0.25, 0.3) is 0 Å². The molecule has 0 bridgehead atoms. The van der Waals surface area contributed by atoms with Gasteiger partial charge in [-0.05, 0) is 23.3 Å². The van der Waals surface area contributed by atoms with Crippen molar-refractivity contribution in [3.05, 3.63) is 99.6 Å². The molecule has 3 rings (SSSR count). The van der Waals surface area contributed by atoms with Crippen LogP contribution in [-0.4, -0.2) is 25.0 Å². The topological polar surface area (TPSA) is 101 Å². The molecule has 7 nitrogen and oxygen atoms in total. The molecule has 1 heterocycles. The van der Waals surface area contributed by atoms with Crippen molar-refractivity contribution < 1.29 is 15.4 Å². The predicted molar refractivity (Wildman–Crippen MR) is 96.5 cm³/mol. The van der Waals surface area contributed by atoms with Gasteiger partial charge in [-0.3, -0.25) is 0 Å². The molecule has 1 atom stereocenters. The Morgan fingerprint density at radius 1 is 1.15 bits per heavy atom. The SMILES string of the molecule is O=[N+]([O-])O.OC(Cc1ccc(Cl)cc1)(Cn1ccnc1)c1ccccc1. The Kier molecular flexibility index (Phi) is 6.71. The Morgan fingerprint density at radius 3 is 2.31 bits per heavy atom. The molecule has 8 heteroatoms. The third-order valence-electron chi connectivity index (χ3n) is 3.72. The lowest BCUT2D eigenvalue weighted by Crippen LogP contribution is -2.33. The van der Waals surface area contributed by atoms with Gasteiger partial charge in [0.15, 0.2) is 0 Å². The molecular formula is C18H18ClN3O4. The summed E-state index contributed by atoms with van der Waals surface area (Å²) < 4.78 is 1.89. The summed E-state index contributed by atoms with van der Waals surface area (Å²) in [5, 5.41) is 25.6. The van der Waals surface area contributed by atoms with Crippen molar-refractivity contribution in [2.75, 3.05) is 0 Å². The van der Waals surface area contributed by atoms with Crippen molar-refractivity contribution in [3.8, 4) is 0 Å². The van der Waals surface area contributed by atoms with E-state index in [9.17, 15) is 5.11 Å². The molecule has 0 aliphatic carbocycles. The quantitative estimate of drug-likeness (QED) is 0.526. The highest BCUT2D eigenvalue weighted by molar-refractivity contribution is 6.30. The molecule has 1 aromatic heterocycles. The number of aromatic nitrogens is 2. The Hall–Kier alpha value is -2.90. The maximum absolute atomic E-state index is 11.3. The molecule has 2 N–H and O–H groups in total. The number of aliphatic hydroxyl groups is 1. The highest BCUT2D eigenvalue weighted by Crippen LogP contribution is 2.28. The second-order valence-corrected chi connectivity index (χ2v) is 6.11. The lowest BCUT2D eigenvalue weighted by molar-refractivity contribution is -0.742. The Bertz CT molecular complexity index is 806. The molecule has 3 aromatic rings. The van der Waals surface area contributed by atoms with E-state index in [1.807, 2.05) is 65.4 Å². The zero-order valence-corrected chi connectivity index (χ0v) is 14.5. The van der Waals surface area contributed by atoms with Gasteiger partial charge in [0.25, 0.3) is 5.09 Å². The van der Waals surface area contributed by atoms with E-state index >= 15 is 0 Å². The monoisotopic (exact) mass is 375 g/mol. The predicted octanol–water partition coefficient (Wildman–Crippen LogP) is 3.32. The molecule has 0 radical (unpaired) electrons. The van der Waals surface area contributed by atoms with Crippen LogP contribution in [0.2, 0.25) is 5.02 Å². The highest BCUT2D eigenvalue weighted by atomic mass is 35.5. The van der Waals surface area contributed by atoms with Crippen molar-refractivity contribution in [2.24, 2.45) is 0 Å². The van der Waals surface area contributed by atoms with Crippen LogP contribution in [-0.2, 0) is 18.6 Å². The average Bonchev–Trinajstić information content (AvgIpc) is 3.10. The van der Waals surface area contributed by atoms with E-state index in [1.54, 1.807) is 12.5 Å². The van der Waals surface area contributed by atoms with Gasteiger partial charge in [-0.2, -0.15) is 0 Å². The fourth-order valence-electron chi connectivity index (χ4n) is 2.62. The molecule has 0 aliphatic rings. The van der Waals surface area contributed by atoms with Crippen LogP contribution in [0.1, 0.15) is 11.1 Å². The summed E-state index contributed by atoms with van der Waals surface area (Å²) >= 11 is 5.94. The summed E-state index contributed by atoms with van der Waals surface area (Å²) in [4.78, 5) is 12.4. The highest BCUT2D eigenvalue weighted by Gasteiger charge is 2.30. The number of imidazole rings is 1. The third kappa shape index (κ3) is 5.87. The van der Waals surface area contributed by atoms with E-state index < -0.39 is 10.7 Å². The molecule has 0 spiro atoms. The van der Waals surface area contributed by atoms with Crippen LogP contribution < -0.4 is 0 Å². The van der Waals surface area contributed by atoms with Crippen molar-refractivity contribution in [1.29, 1.82) is 0 Å². The smallest absolute Gasteiger partial charge is 0.291 e. The Morgan fingerprint density at radius 2 is 1.77 bits per heavy atom. The van der Waals surface area contributed by atoms with Gasteiger partial charge in [0.05, 0.1) is 12.9 Å². The minimum Gasteiger partial charge on any atom is -0.383 e. The molecule has 26 heavy (non-hydrogen) atoms. The Balaban J connectivity index is 0.000000552. The molecular weight excluding hydrogens is 358 g/mol. The molecule has 0 amide bonds. The standard InChI is InChI=1S/C18H17ClN2O.HNO3/c19-17-8-6-15(7-9-17)12-18(22,13-21-11-10-20-14-21)16-4-2-1-3-5-16;2-1(3)4/h1-11,14,22H,12-13H2;(H,2,3,4). The lowest BCUT2D eigenvalue weighted by atomic mass is 9.87. The molecule has 136 valence electrons. The van der Waals surface area contributed by atoms with Gasteiger partial charge in [0.1, 0.15) is 5.60 Å². The van der Waals surface area contributed by atoms with Crippen LogP contribution in [0, 0.1) is 10.1 Å². The second-order valence-electron chi connectivity index (χ2n) is 5.67. The van der Waals surface area contributed by atoms with Gasteiger partial charge in [0.2, 0.25) is 0 Å². The zero-order chi connectivity index (χ0) is 19.0. The van der Waals surface area contributed by atoms with E-state index in [2.05, 4.69) is 4.98 Å². The van der Waals surface area contributed by atoms with Gasteiger partial charge >= 0.3 is 0 Å². The lowest BCUT2D eigenvalue weighted by Gasteiger charge is -2.29. The van der Waals surface area contributed by atoms with Crippen LogP contribution in [0.4, 0.5) is 0 Å². The molecule has 1 unspecified atom stereocenters. The average molecular weight is 376 g/mol.